The van der Waals surface area contributed by atoms with Crippen molar-refractivity contribution in [1.82, 2.24) is 0 Å². The zero-order valence-electron chi connectivity index (χ0n) is 13.6. The normalized spacial score (nSPS) is 32.0. The fraction of sp³-hybridized carbons (Fsp3) is 0.684. The van der Waals surface area contributed by atoms with E-state index in [0.29, 0.717) is 5.92 Å². The summed E-state index contributed by atoms with van der Waals surface area (Å²) in [5.41, 5.74) is 4.25. The van der Waals surface area contributed by atoms with E-state index < -0.39 is 0 Å². The molecule has 2 aliphatic rings. The maximum Gasteiger partial charge on any atom is 0.0490 e. The molecule has 1 fully saturated rings. The Kier molecular flexibility index (Phi) is 4.08. The molecule has 3 rings (SSSR count). The first-order chi connectivity index (χ1) is 9.86. The van der Waals surface area contributed by atoms with Crippen LogP contribution in [0.4, 0.5) is 0 Å². The van der Waals surface area contributed by atoms with Crippen LogP contribution in [0, 0.1) is 11.8 Å². The lowest BCUT2D eigenvalue weighted by molar-refractivity contribution is 0.118. The minimum Gasteiger partial charge on any atom is -0.0840 e. The molecule has 116 valence electrons. The number of rotatable bonds is 1. The van der Waals surface area contributed by atoms with E-state index in [-0.39, 0.29) is 5.41 Å². The van der Waals surface area contributed by atoms with Crippen molar-refractivity contribution in [2.75, 3.05) is 0 Å². The molecule has 0 aliphatic heterocycles. The third-order valence-electron chi connectivity index (χ3n) is 6.11. The van der Waals surface area contributed by atoms with Gasteiger partial charge in [-0.2, -0.15) is 0 Å². The van der Waals surface area contributed by atoms with Crippen LogP contribution in [-0.4, -0.2) is 0 Å². The molecule has 0 N–H and O–H groups in total. The lowest BCUT2D eigenvalue weighted by atomic mass is 9.55. The Morgan fingerprint density at radius 3 is 2.62 bits per heavy atom. The maximum absolute atomic E-state index is 6.77. The van der Waals surface area contributed by atoms with Crippen LogP contribution in [-0.2, 0) is 11.8 Å². The molecular formula is C19H26Cl2. The molecule has 1 saturated carbocycles. The van der Waals surface area contributed by atoms with E-state index in [1.165, 1.54) is 36.8 Å². The molecule has 0 radical (unpaired) electrons. The minimum atomic E-state index is 0.272. The predicted molar refractivity (Wildman–Crippen MR) is 92.7 cm³/mol. The summed E-state index contributed by atoms with van der Waals surface area (Å²) in [7, 11) is 0. The fourth-order valence-electron chi connectivity index (χ4n) is 5.00. The van der Waals surface area contributed by atoms with Gasteiger partial charge in [0.05, 0.1) is 0 Å². The summed E-state index contributed by atoms with van der Waals surface area (Å²) in [4.78, 5) is 0. The molecule has 0 spiro atoms. The van der Waals surface area contributed by atoms with Crippen LogP contribution in [0.5, 0.6) is 0 Å². The van der Waals surface area contributed by atoms with Crippen LogP contribution >= 0.6 is 23.2 Å². The molecule has 0 aromatic heterocycles. The van der Waals surface area contributed by atoms with Gasteiger partial charge in [0.25, 0.3) is 0 Å². The van der Waals surface area contributed by atoms with Gasteiger partial charge in [0.2, 0.25) is 0 Å². The first kappa shape index (κ1) is 15.7. The summed E-state index contributed by atoms with van der Waals surface area (Å²) in [6.07, 6.45) is 6.39. The van der Waals surface area contributed by atoms with E-state index in [0.717, 1.165) is 33.9 Å². The van der Waals surface area contributed by atoms with Crippen LogP contribution in [0.15, 0.2) is 6.07 Å². The van der Waals surface area contributed by atoms with Gasteiger partial charge in [-0.1, -0.05) is 63.7 Å². The Morgan fingerprint density at radius 1 is 1.24 bits per heavy atom. The van der Waals surface area contributed by atoms with Crippen molar-refractivity contribution in [3.05, 3.63) is 32.8 Å². The summed E-state index contributed by atoms with van der Waals surface area (Å²) < 4.78 is 0. The molecule has 2 aliphatic carbocycles. The summed E-state index contributed by atoms with van der Waals surface area (Å²) in [5.74, 6) is 1.99. The first-order valence-electron chi connectivity index (χ1n) is 8.37. The summed E-state index contributed by atoms with van der Waals surface area (Å²) in [6.45, 7) is 9.23. The smallest absolute Gasteiger partial charge is 0.0490 e. The Morgan fingerprint density at radius 2 is 1.95 bits per heavy atom. The number of halogens is 2. The Hall–Kier alpha value is -0.200. The van der Waals surface area contributed by atoms with Gasteiger partial charge in [-0.3, -0.25) is 0 Å². The summed E-state index contributed by atoms with van der Waals surface area (Å²) >= 11 is 13.4. The van der Waals surface area contributed by atoms with Crippen molar-refractivity contribution < 1.29 is 0 Å². The number of benzene rings is 1. The quantitative estimate of drug-likeness (QED) is 0.535. The van der Waals surface area contributed by atoms with Crippen LogP contribution in [0.1, 0.15) is 76.0 Å². The highest BCUT2D eigenvalue weighted by molar-refractivity contribution is 6.36. The summed E-state index contributed by atoms with van der Waals surface area (Å²) in [6, 6.07) is 2.25. The summed E-state index contributed by atoms with van der Waals surface area (Å²) in [5, 5.41) is 1.82. The van der Waals surface area contributed by atoms with Crippen LogP contribution in [0.2, 0.25) is 10.0 Å². The standard InChI is InChI=1S/C19H26Cl2/c1-11(2)17-16(20)10-15-13(18(17)21)7-8-14-12(3)6-5-9-19(14,15)4/h10-12,14H,5-9H2,1-4H3/t12-,14-,19-/m0/s1. The highest BCUT2D eigenvalue weighted by Gasteiger charge is 2.45. The van der Waals surface area contributed by atoms with Crippen molar-refractivity contribution in [2.45, 2.75) is 71.1 Å². The van der Waals surface area contributed by atoms with Gasteiger partial charge in [-0.05, 0) is 65.2 Å². The van der Waals surface area contributed by atoms with Crippen molar-refractivity contribution in [1.29, 1.82) is 0 Å². The Balaban J connectivity index is 2.18. The second-order valence-corrected chi connectivity index (χ2v) is 8.48. The van der Waals surface area contributed by atoms with E-state index in [2.05, 4.69) is 33.8 Å². The fourth-order valence-corrected chi connectivity index (χ4v) is 5.99. The molecule has 0 unspecified atom stereocenters. The van der Waals surface area contributed by atoms with Gasteiger partial charge in [-0.25, -0.2) is 0 Å². The second-order valence-electron chi connectivity index (χ2n) is 7.70. The van der Waals surface area contributed by atoms with Crippen LogP contribution < -0.4 is 0 Å². The topological polar surface area (TPSA) is 0 Å². The van der Waals surface area contributed by atoms with E-state index in [1.54, 1.807) is 0 Å². The van der Waals surface area contributed by atoms with Gasteiger partial charge < -0.3 is 0 Å². The predicted octanol–water partition coefficient (Wildman–Crippen LogP) is 6.76. The maximum atomic E-state index is 6.77. The number of hydrogen-bond acceptors (Lipinski definition) is 0. The van der Waals surface area contributed by atoms with Crippen molar-refractivity contribution in [3.8, 4) is 0 Å². The minimum absolute atomic E-state index is 0.272. The monoisotopic (exact) mass is 324 g/mol. The molecule has 0 amide bonds. The van der Waals surface area contributed by atoms with Crippen LogP contribution in [0.3, 0.4) is 0 Å². The van der Waals surface area contributed by atoms with Crippen molar-refractivity contribution >= 4 is 23.2 Å². The molecule has 0 nitrogen and oxygen atoms in total. The molecule has 21 heavy (non-hydrogen) atoms. The third-order valence-corrected chi connectivity index (χ3v) is 6.86. The van der Waals surface area contributed by atoms with Gasteiger partial charge >= 0.3 is 0 Å². The lowest BCUT2D eigenvalue weighted by Gasteiger charge is -2.50. The van der Waals surface area contributed by atoms with Crippen LogP contribution in [0.25, 0.3) is 0 Å². The van der Waals surface area contributed by atoms with Crippen molar-refractivity contribution in [3.63, 3.8) is 0 Å². The van der Waals surface area contributed by atoms with E-state index in [9.17, 15) is 0 Å². The van der Waals surface area contributed by atoms with E-state index >= 15 is 0 Å². The van der Waals surface area contributed by atoms with E-state index in [4.69, 9.17) is 23.2 Å². The van der Waals surface area contributed by atoms with E-state index in [1.807, 2.05) is 0 Å². The average molecular weight is 325 g/mol. The van der Waals surface area contributed by atoms with Gasteiger partial charge in [0.1, 0.15) is 0 Å². The second kappa shape index (κ2) is 5.46. The largest absolute Gasteiger partial charge is 0.0840 e. The lowest BCUT2D eigenvalue weighted by Crippen LogP contribution is -2.43. The first-order valence-corrected chi connectivity index (χ1v) is 9.13. The molecule has 3 atom stereocenters. The molecule has 0 bridgehead atoms. The zero-order valence-corrected chi connectivity index (χ0v) is 15.1. The number of hydrogen-bond donors (Lipinski definition) is 0. The molecule has 2 heteroatoms. The Bertz CT molecular complexity index is 561. The number of fused-ring (bicyclic) bond motifs is 3. The third kappa shape index (κ3) is 2.34. The molecular weight excluding hydrogens is 299 g/mol. The van der Waals surface area contributed by atoms with Gasteiger partial charge in [0.15, 0.2) is 0 Å². The molecule has 0 saturated heterocycles. The molecule has 1 aromatic carbocycles. The molecule has 1 aromatic rings. The van der Waals surface area contributed by atoms with Gasteiger partial charge in [0, 0.05) is 10.0 Å². The SMILES string of the molecule is CC(C)c1c(Cl)cc2c(c1Cl)CC[C@H]1[C@@H](C)CCC[C@]21C. The Labute approximate surface area is 139 Å². The zero-order chi connectivity index (χ0) is 15.4. The van der Waals surface area contributed by atoms with Gasteiger partial charge in [-0.15, -0.1) is 0 Å². The highest BCUT2D eigenvalue weighted by atomic mass is 35.5. The van der Waals surface area contributed by atoms with Crippen molar-refractivity contribution in [2.24, 2.45) is 11.8 Å². The average Bonchev–Trinajstić information content (AvgIpc) is 2.39. The molecule has 0 heterocycles. The highest BCUT2D eigenvalue weighted by Crippen LogP contribution is 2.54.